The number of esters is 1. The number of aliphatic hydroxyl groups excluding tert-OH is 1. The second-order valence-electron chi connectivity index (χ2n) is 9.71. The van der Waals surface area contributed by atoms with E-state index in [4.69, 9.17) is 23.7 Å². The van der Waals surface area contributed by atoms with Gasteiger partial charge in [0, 0.05) is 11.3 Å². The van der Waals surface area contributed by atoms with Crippen LogP contribution in [0.25, 0.3) is 0 Å². The van der Waals surface area contributed by atoms with E-state index in [0.717, 1.165) is 5.56 Å². The molecule has 1 aliphatic heterocycles. The summed E-state index contributed by atoms with van der Waals surface area (Å²) in [7, 11) is 2.78. The minimum atomic E-state index is -1.20. The number of methoxy groups -OCH3 is 2. The number of benzene rings is 3. The normalized spacial score (nSPS) is 15.2. The number of hydrazone groups is 1. The first-order valence-corrected chi connectivity index (χ1v) is 14.0. The second kappa shape index (κ2) is 15.4. The quantitative estimate of drug-likeness (QED) is 0.0908. The fourth-order valence-corrected chi connectivity index (χ4v) is 4.50. The SMILES string of the molecule is CCOc1cc([C@H]2NC(=O)NC(C)=C2C(=O)OC)ccc1OC[C@@H](O)N/N=C/c1cccc(OC)c1OCc1ccc(F)cc1. The molecule has 0 saturated heterocycles. The number of amides is 2. The maximum absolute atomic E-state index is 13.3. The maximum Gasteiger partial charge on any atom is 0.337 e. The van der Waals surface area contributed by atoms with Crippen molar-refractivity contribution in [3.63, 3.8) is 0 Å². The van der Waals surface area contributed by atoms with Gasteiger partial charge in [-0.3, -0.25) is 5.43 Å². The topological polar surface area (TPSA) is 149 Å². The molecule has 0 fully saturated rings. The lowest BCUT2D eigenvalue weighted by Gasteiger charge is -2.28. The van der Waals surface area contributed by atoms with E-state index in [1.165, 1.54) is 32.6 Å². The Kier molecular flexibility index (Phi) is 11.2. The van der Waals surface area contributed by atoms with Gasteiger partial charge in [-0.15, -0.1) is 0 Å². The smallest absolute Gasteiger partial charge is 0.337 e. The van der Waals surface area contributed by atoms with E-state index >= 15 is 0 Å². The van der Waals surface area contributed by atoms with Crippen molar-refractivity contribution >= 4 is 18.2 Å². The van der Waals surface area contributed by atoms with Gasteiger partial charge in [-0.05, 0) is 61.4 Å². The van der Waals surface area contributed by atoms with Crippen molar-refractivity contribution in [2.75, 3.05) is 27.4 Å². The number of urea groups is 1. The van der Waals surface area contributed by atoms with Crippen molar-refractivity contribution < 1.29 is 42.8 Å². The summed E-state index contributed by atoms with van der Waals surface area (Å²) in [5.74, 6) is 0.656. The average Bonchev–Trinajstić information content (AvgIpc) is 3.03. The number of nitrogens with zero attached hydrogens (tertiary/aromatic N) is 1. The highest BCUT2D eigenvalue weighted by Gasteiger charge is 2.32. The summed E-state index contributed by atoms with van der Waals surface area (Å²) < 4.78 is 41.1. The molecule has 3 aromatic carbocycles. The van der Waals surface area contributed by atoms with Gasteiger partial charge in [0.25, 0.3) is 0 Å². The molecular formula is C32H35FN4O8. The highest BCUT2D eigenvalue weighted by atomic mass is 19.1. The maximum atomic E-state index is 13.3. The van der Waals surface area contributed by atoms with Gasteiger partial charge < -0.3 is 39.4 Å². The van der Waals surface area contributed by atoms with Gasteiger partial charge in [-0.1, -0.05) is 24.3 Å². The summed E-state index contributed by atoms with van der Waals surface area (Å²) >= 11 is 0. The first-order chi connectivity index (χ1) is 21.7. The van der Waals surface area contributed by atoms with E-state index in [0.29, 0.717) is 46.4 Å². The van der Waals surface area contributed by atoms with Crippen LogP contribution in [0.2, 0.25) is 0 Å². The predicted molar refractivity (Wildman–Crippen MR) is 163 cm³/mol. The number of carbonyl (C=O) groups excluding carboxylic acids is 2. The Hall–Kier alpha value is -5.30. The fraction of sp³-hybridized carbons (Fsp3) is 0.281. The Morgan fingerprint density at radius 2 is 1.84 bits per heavy atom. The molecule has 0 bridgehead atoms. The molecule has 0 radical (unpaired) electrons. The standard InChI is InChI=1S/C32H35FN4O8/c1-5-43-26-15-21(29-28(31(39)42-4)19(2)35-32(40)36-29)11-14-24(26)44-18-27(38)37-34-16-22-7-6-8-25(41-3)30(22)45-17-20-9-12-23(33)13-10-20/h6-16,27,29,37-38H,5,17-18H2,1-4H3,(H2,35,36,40)/b34-16+/t27-,29-/m1/s1. The predicted octanol–water partition coefficient (Wildman–Crippen LogP) is 3.93. The van der Waals surface area contributed by atoms with E-state index in [1.54, 1.807) is 62.4 Å². The molecule has 0 spiro atoms. The third kappa shape index (κ3) is 8.42. The highest BCUT2D eigenvalue weighted by Crippen LogP contribution is 2.35. The molecule has 4 rings (SSSR count). The van der Waals surface area contributed by atoms with Gasteiger partial charge in [0.05, 0.1) is 38.7 Å². The molecule has 0 saturated carbocycles. The minimum absolute atomic E-state index is 0.177. The van der Waals surface area contributed by atoms with E-state index in [-0.39, 0.29) is 24.6 Å². The molecule has 3 aromatic rings. The number of halogens is 1. The molecule has 4 N–H and O–H groups in total. The van der Waals surface area contributed by atoms with Crippen LogP contribution in [0.5, 0.6) is 23.0 Å². The van der Waals surface area contributed by atoms with Crippen molar-refractivity contribution in [2.45, 2.75) is 32.7 Å². The summed E-state index contributed by atoms with van der Waals surface area (Å²) in [6, 6.07) is 15.0. The first-order valence-electron chi connectivity index (χ1n) is 14.0. The van der Waals surface area contributed by atoms with E-state index in [9.17, 15) is 19.1 Å². The van der Waals surface area contributed by atoms with Crippen molar-refractivity contribution in [3.8, 4) is 23.0 Å². The highest BCUT2D eigenvalue weighted by molar-refractivity contribution is 5.95. The van der Waals surface area contributed by atoms with Gasteiger partial charge >= 0.3 is 12.0 Å². The third-order valence-electron chi connectivity index (χ3n) is 6.63. The largest absolute Gasteiger partial charge is 0.493 e. The minimum Gasteiger partial charge on any atom is -0.493 e. The van der Waals surface area contributed by atoms with Crippen LogP contribution in [-0.4, -0.2) is 57.0 Å². The Bertz CT molecular complexity index is 1560. The van der Waals surface area contributed by atoms with Crippen LogP contribution in [0.3, 0.4) is 0 Å². The Labute approximate surface area is 259 Å². The lowest BCUT2D eigenvalue weighted by Crippen LogP contribution is -2.45. The molecule has 238 valence electrons. The van der Waals surface area contributed by atoms with E-state index < -0.39 is 24.3 Å². The number of aliphatic hydroxyl groups is 1. The number of allylic oxidation sites excluding steroid dienone is 1. The summed E-state index contributed by atoms with van der Waals surface area (Å²) in [4.78, 5) is 24.6. The zero-order chi connectivity index (χ0) is 32.3. The second-order valence-corrected chi connectivity index (χ2v) is 9.71. The first kappa shape index (κ1) is 32.6. The van der Waals surface area contributed by atoms with Gasteiger partial charge in [0.2, 0.25) is 0 Å². The molecule has 0 aromatic heterocycles. The fourth-order valence-electron chi connectivity index (χ4n) is 4.50. The van der Waals surface area contributed by atoms with Crippen LogP contribution in [0.1, 0.15) is 36.6 Å². The van der Waals surface area contributed by atoms with Crippen molar-refractivity contribution in [1.29, 1.82) is 0 Å². The lowest BCUT2D eigenvalue weighted by atomic mass is 9.95. The van der Waals surface area contributed by atoms with Crippen LogP contribution in [0, 0.1) is 5.82 Å². The number of hydrogen-bond donors (Lipinski definition) is 4. The Morgan fingerprint density at radius 3 is 2.56 bits per heavy atom. The molecule has 2 atom stereocenters. The average molecular weight is 623 g/mol. The van der Waals surface area contributed by atoms with Crippen LogP contribution in [-0.2, 0) is 16.1 Å². The molecule has 1 heterocycles. The molecule has 0 unspecified atom stereocenters. The molecule has 13 heteroatoms. The molecule has 12 nitrogen and oxygen atoms in total. The third-order valence-corrected chi connectivity index (χ3v) is 6.63. The molecule has 45 heavy (non-hydrogen) atoms. The lowest BCUT2D eigenvalue weighted by molar-refractivity contribution is -0.136. The van der Waals surface area contributed by atoms with Gasteiger partial charge in [-0.2, -0.15) is 5.10 Å². The zero-order valence-corrected chi connectivity index (χ0v) is 25.3. The van der Waals surface area contributed by atoms with Gasteiger partial charge in [0.15, 0.2) is 29.2 Å². The van der Waals surface area contributed by atoms with Crippen LogP contribution in [0.4, 0.5) is 9.18 Å². The Morgan fingerprint density at radius 1 is 1.07 bits per heavy atom. The van der Waals surface area contributed by atoms with Crippen molar-refractivity contribution in [1.82, 2.24) is 16.1 Å². The van der Waals surface area contributed by atoms with Crippen molar-refractivity contribution in [3.05, 3.63) is 94.4 Å². The van der Waals surface area contributed by atoms with Crippen LogP contribution >= 0.6 is 0 Å². The molecule has 0 aliphatic carbocycles. The van der Waals surface area contributed by atoms with E-state index in [1.807, 2.05) is 0 Å². The van der Waals surface area contributed by atoms with Crippen LogP contribution in [0.15, 0.2) is 77.0 Å². The summed E-state index contributed by atoms with van der Waals surface area (Å²) in [5, 5.41) is 19.9. The molecular weight excluding hydrogens is 587 g/mol. The molecule has 1 aliphatic rings. The van der Waals surface area contributed by atoms with Gasteiger partial charge in [0.1, 0.15) is 19.0 Å². The van der Waals surface area contributed by atoms with Crippen LogP contribution < -0.4 is 35.0 Å². The summed E-state index contributed by atoms with van der Waals surface area (Å²) in [5.41, 5.74) is 5.15. The van der Waals surface area contributed by atoms with E-state index in [2.05, 4.69) is 21.2 Å². The van der Waals surface area contributed by atoms with Crippen molar-refractivity contribution in [2.24, 2.45) is 5.10 Å². The zero-order valence-electron chi connectivity index (χ0n) is 25.3. The number of carbonyl (C=O) groups is 2. The monoisotopic (exact) mass is 622 g/mol. The molecule has 2 amide bonds. The Balaban J connectivity index is 1.42. The number of rotatable bonds is 14. The van der Waals surface area contributed by atoms with Gasteiger partial charge in [-0.25, -0.2) is 14.0 Å². The number of ether oxygens (including phenoxy) is 5. The number of para-hydroxylation sites is 1. The summed E-state index contributed by atoms with van der Waals surface area (Å²) in [6.07, 6.45) is 0.262. The number of hydrogen-bond acceptors (Lipinski definition) is 10. The number of nitrogens with one attached hydrogen (secondary N) is 3. The summed E-state index contributed by atoms with van der Waals surface area (Å²) in [6.45, 7) is 3.71.